The summed E-state index contributed by atoms with van der Waals surface area (Å²) in [6.45, 7) is 1.52. The van der Waals surface area contributed by atoms with Crippen LogP contribution in [0, 0.1) is 0 Å². The fourth-order valence-electron chi connectivity index (χ4n) is 2.36. The van der Waals surface area contributed by atoms with Gasteiger partial charge in [-0.25, -0.2) is 16.8 Å². The van der Waals surface area contributed by atoms with Gasteiger partial charge in [-0.05, 0) is 13.0 Å². The van der Waals surface area contributed by atoms with Gasteiger partial charge in [-0.15, -0.1) is 0 Å². The van der Waals surface area contributed by atoms with Crippen LogP contribution < -0.4 is 5.73 Å². The first-order chi connectivity index (χ1) is 9.65. The molecule has 1 aliphatic heterocycles. The summed E-state index contributed by atoms with van der Waals surface area (Å²) in [5.74, 6) is -0.354. The molecule has 0 spiro atoms. The van der Waals surface area contributed by atoms with Crippen molar-refractivity contribution in [1.82, 2.24) is 4.31 Å². The molecule has 2 rings (SSSR count). The molecule has 0 radical (unpaired) electrons. The molecule has 1 aliphatic rings. The van der Waals surface area contributed by atoms with Crippen LogP contribution >= 0.6 is 12.2 Å². The highest BCUT2D eigenvalue weighted by molar-refractivity contribution is 7.92. The SMILES string of the molecule is CC1CS(=O)(=O)CCN1S(=O)(=O)c1ccccc1C(N)=S. The fraction of sp³-hybridized carbons (Fsp3) is 0.417. The predicted molar refractivity (Wildman–Crippen MR) is 84.3 cm³/mol. The van der Waals surface area contributed by atoms with Crippen molar-refractivity contribution in [2.24, 2.45) is 5.73 Å². The molecule has 21 heavy (non-hydrogen) atoms. The maximum atomic E-state index is 12.7. The van der Waals surface area contributed by atoms with Crippen molar-refractivity contribution in [3.63, 3.8) is 0 Å². The Labute approximate surface area is 129 Å². The van der Waals surface area contributed by atoms with Gasteiger partial charge in [0.25, 0.3) is 0 Å². The number of rotatable bonds is 3. The zero-order valence-electron chi connectivity index (χ0n) is 11.4. The fourth-order valence-corrected chi connectivity index (χ4v) is 6.21. The summed E-state index contributed by atoms with van der Waals surface area (Å²) < 4.78 is 49.9. The zero-order chi connectivity index (χ0) is 15.8. The van der Waals surface area contributed by atoms with E-state index in [-0.39, 0.29) is 33.5 Å². The van der Waals surface area contributed by atoms with Crippen molar-refractivity contribution in [3.05, 3.63) is 29.8 Å². The topological polar surface area (TPSA) is 97.5 Å². The van der Waals surface area contributed by atoms with Crippen molar-refractivity contribution in [3.8, 4) is 0 Å². The summed E-state index contributed by atoms with van der Waals surface area (Å²) >= 11 is 4.88. The van der Waals surface area contributed by atoms with E-state index < -0.39 is 25.9 Å². The van der Waals surface area contributed by atoms with E-state index in [1.54, 1.807) is 25.1 Å². The normalized spacial score (nSPS) is 22.8. The number of nitrogens with two attached hydrogens (primary N) is 1. The predicted octanol–water partition coefficient (Wildman–Crippen LogP) is 0.128. The smallest absolute Gasteiger partial charge is 0.244 e. The number of benzene rings is 1. The summed E-state index contributed by atoms with van der Waals surface area (Å²) in [7, 11) is -7.03. The lowest BCUT2D eigenvalue weighted by molar-refractivity contribution is 0.357. The van der Waals surface area contributed by atoms with Crippen molar-refractivity contribution in [2.75, 3.05) is 18.1 Å². The molecule has 0 amide bonds. The highest BCUT2D eigenvalue weighted by atomic mass is 32.2. The number of sulfonamides is 1. The van der Waals surface area contributed by atoms with Crippen LogP contribution in [0.2, 0.25) is 0 Å². The number of hydrogen-bond donors (Lipinski definition) is 1. The Hall–Kier alpha value is -1.03. The second kappa shape index (κ2) is 5.64. The lowest BCUT2D eigenvalue weighted by Crippen LogP contribution is -2.49. The van der Waals surface area contributed by atoms with Crippen molar-refractivity contribution >= 4 is 37.1 Å². The third kappa shape index (κ3) is 3.25. The Morgan fingerprint density at radius 1 is 1.38 bits per heavy atom. The van der Waals surface area contributed by atoms with E-state index in [4.69, 9.17) is 18.0 Å². The van der Waals surface area contributed by atoms with Crippen LogP contribution in [0.4, 0.5) is 0 Å². The number of sulfone groups is 1. The molecule has 0 saturated carbocycles. The zero-order valence-corrected chi connectivity index (χ0v) is 13.8. The summed E-state index contributed by atoms with van der Waals surface area (Å²) in [5, 5.41) is 0. The maximum Gasteiger partial charge on any atom is 0.244 e. The van der Waals surface area contributed by atoms with Gasteiger partial charge >= 0.3 is 0 Å². The van der Waals surface area contributed by atoms with Gasteiger partial charge in [-0.1, -0.05) is 30.4 Å². The second-order valence-electron chi connectivity index (χ2n) is 4.94. The molecular weight excluding hydrogens is 332 g/mol. The molecule has 1 fully saturated rings. The van der Waals surface area contributed by atoms with Crippen LogP contribution in [0.1, 0.15) is 12.5 Å². The van der Waals surface area contributed by atoms with Gasteiger partial charge in [-0.2, -0.15) is 4.31 Å². The first kappa shape index (κ1) is 16.3. The van der Waals surface area contributed by atoms with Crippen LogP contribution in [0.3, 0.4) is 0 Å². The Kier molecular flexibility index (Phi) is 4.39. The van der Waals surface area contributed by atoms with Gasteiger partial charge < -0.3 is 5.73 Å². The van der Waals surface area contributed by atoms with Crippen LogP contribution in [0.15, 0.2) is 29.2 Å². The molecule has 1 unspecified atom stereocenters. The Morgan fingerprint density at radius 2 is 2.00 bits per heavy atom. The first-order valence-electron chi connectivity index (χ1n) is 6.26. The maximum absolute atomic E-state index is 12.7. The highest BCUT2D eigenvalue weighted by Crippen LogP contribution is 2.24. The van der Waals surface area contributed by atoms with Gasteiger partial charge in [0.1, 0.15) is 4.99 Å². The quantitative estimate of drug-likeness (QED) is 0.780. The minimum atomic E-state index is -3.84. The van der Waals surface area contributed by atoms with Crippen molar-refractivity contribution in [1.29, 1.82) is 0 Å². The summed E-state index contributed by atoms with van der Waals surface area (Å²) in [5.41, 5.74) is 5.84. The van der Waals surface area contributed by atoms with E-state index in [0.29, 0.717) is 0 Å². The molecule has 9 heteroatoms. The third-order valence-corrected chi connectivity index (χ3v) is 7.44. The second-order valence-corrected chi connectivity index (χ2v) is 9.47. The third-order valence-electron chi connectivity index (χ3n) is 3.35. The van der Waals surface area contributed by atoms with Gasteiger partial charge in [0.05, 0.1) is 16.4 Å². The summed E-state index contributed by atoms with van der Waals surface area (Å²) in [6, 6.07) is 5.59. The standard InChI is InChI=1S/C12H16N2O4S3/c1-9-8-20(15,16)7-6-14(9)21(17,18)11-5-3-2-4-10(11)12(13)19/h2-5,9H,6-8H2,1H3,(H2,13,19). The van der Waals surface area contributed by atoms with Crippen LogP contribution in [-0.2, 0) is 19.9 Å². The summed E-state index contributed by atoms with van der Waals surface area (Å²) in [6.07, 6.45) is 0. The molecule has 2 N–H and O–H groups in total. The van der Waals surface area contributed by atoms with E-state index >= 15 is 0 Å². The highest BCUT2D eigenvalue weighted by Gasteiger charge is 2.37. The molecule has 1 atom stereocenters. The molecule has 6 nitrogen and oxygen atoms in total. The largest absolute Gasteiger partial charge is 0.389 e. The molecule has 1 heterocycles. The minimum absolute atomic E-state index is 0.00791. The molecule has 1 aromatic carbocycles. The molecule has 1 saturated heterocycles. The van der Waals surface area contributed by atoms with E-state index in [1.165, 1.54) is 10.4 Å². The average molecular weight is 348 g/mol. The molecular formula is C12H16N2O4S3. The van der Waals surface area contributed by atoms with E-state index in [1.807, 2.05) is 0 Å². The van der Waals surface area contributed by atoms with Gasteiger partial charge in [0.2, 0.25) is 10.0 Å². The van der Waals surface area contributed by atoms with Gasteiger partial charge in [-0.3, -0.25) is 0 Å². The summed E-state index contributed by atoms with van der Waals surface area (Å²) in [4.78, 5) is 0.00936. The molecule has 0 aromatic heterocycles. The lowest BCUT2D eigenvalue weighted by atomic mass is 10.2. The van der Waals surface area contributed by atoms with E-state index in [2.05, 4.69) is 0 Å². The lowest BCUT2D eigenvalue weighted by Gasteiger charge is -2.32. The number of thiocarbonyl (C=S) groups is 1. The van der Waals surface area contributed by atoms with Gasteiger partial charge in [0.15, 0.2) is 9.84 Å². The Morgan fingerprint density at radius 3 is 2.57 bits per heavy atom. The number of nitrogens with zero attached hydrogens (tertiary/aromatic N) is 1. The average Bonchev–Trinajstić information content (AvgIpc) is 2.37. The van der Waals surface area contributed by atoms with Crippen LogP contribution in [-0.4, -0.2) is 50.2 Å². The van der Waals surface area contributed by atoms with E-state index in [0.717, 1.165) is 0 Å². The molecule has 1 aromatic rings. The molecule has 0 bridgehead atoms. The van der Waals surface area contributed by atoms with Crippen LogP contribution in [0.5, 0.6) is 0 Å². The first-order valence-corrected chi connectivity index (χ1v) is 9.93. The van der Waals surface area contributed by atoms with Crippen molar-refractivity contribution in [2.45, 2.75) is 17.9 Å². The number of hydrogen-bond acceptors (Lipinski definition) is 5. The Balaban J connectivity index is 2.47. The monoisotopic (exact) mass is 348 g/mol. The van der Waals surface area contributed by atoms with Crippen LogP contribution in [0.25, 0.3) is 0 Å². The minimum Gasteiger partial charge on any atom is -0.389 e. The van der Waals surface area contributed by atoms with Crippen molar-refractivity contribution < 1.29 is 16.8 Å². The van der Waals surface area contributed by atoms with E-state index in [9.17, 15) is 16.8 Å². The molecule has 0 aliphatic carbocycles. The van der Waals surface area contributed by atoms with Gasteiger partial charge in [0, 0.05) is 18.2 Å². The molecule has 116 valence electrons. The Bertz CT molecular complexity index is 771.